The average molecular weight is 310 g/mol. The molecule has 0 aromatic rings. The van der Waals surface area contributed by atoms with E-state index in [-0.39, 0.29) is 16.9 Å². The Morgan fingerprint density at radius 1 is 1.16 bits per heavy atom. The van der Waals surface area contributed by atoms with Crippen molar-refractivity contribution in [2.75, 3.05) is 6.54 Å². The van der Waals surface area contributed by atoms with Crippen molar-refractivity contribution in [2.24, 2.45) is 11.5 Å². The molecule has 0 bridgehead atoms. The lowest BCUT2D eigenvalue weighted by atomic mass is 10.3. The zero-order valence-electron chi connectivity index (χ0n) is 9.89. The van der Waals surface area contributed by atoms with Gasteiger partial charge in [0.2, 0.25) is 0 Å². The van der Waals surface area contributed by atoms with Gasteiger partial charge in [-0.3, -0.25) is 10.8 Å². The topological polar surface area (TPSA) is 176 Å². The first-order valence-electron chi connectivity index (χ1n) is 4.76. The lowest BCUT2D eigenvalue weighted by Gasteiger charge is -2.13. The highest BCUT2D eigenvalue weighted by Crippen LogP contribution is 2.01. The smallest absolute Gasteiger partial charge is 0.376 e. The van der Waals surface area contributed by atoms with E-state index in [1.807, 2.05) is 0 Å². The van der Waals surface area contributed by atoms with Crippen LogP contribution >= 0.6 is 24.1 Å². The summed E-state index contributed by atoms with van der Waals surface area (Å²) in [6, 6.07) is -0.435. The molecule has 0 saturated carbocycles. The Kier molecular flexibility index (Phi) is 8.28. The van der Waals surface area contributed by atoms with Crippen LogP contribution < -0.4 is 22.1 Å². The van der Waals surface area contributed by atoms with Crippen molar-refractivity contribution in [3.8, 4) is 0 Å². The van der Waals surface area contributed by atoms with Crippen molar-refractivity contribution < 1.29 is 18.0 Å². The quantitative estimate of drug-likeness (QED) is 0.238. The van der Waals surface area contributed by atoms with Crippen molar-refractivity contribution in [1.82, 2.24) is 10.6 Å². The second-order valence-electron chi connectivity index (χ2n) is 3.06. The van der Waals surface area contributed by atoms with Gasteiger partial charge in [-0.1, -0.05) is 0 Å². The van der Waals surface area contributed by atoms with Crippen LogP contribution in [0, 0.1) is 10.8 Å². The van der Waals surface area contributed by atoms with E-state index >= 15 is 0 Å². The molecule has 0 rings (SSSR count). The predicted octanol–water partition coefficient (Wildman–Crippen LogP) is -0.0894. The molecule has 8 N–H and O–H groups in total. The number of carbonyl (C=O) groups excluding carboxylic acids is 2. The molecule has 1 atom stereocenters. The summed E-state index contributed by atoms with van der Waals surface area (Å²) in [5, 5.41) is 17.6. The van der Waals surface area contributed by atoms with Gasteiger partial charge < -0.3 is 30.5 Å². The molecular weight excluding hydrogens is 296 g/mol. The predicted molar refractivity (Wildman–Crippen MR) is 72.6 cm³/mol. The minimum atomic E-state index is -0.791. The largest absolute Gasteiger partial charge is 0.420 e. The van der Waals surface area contributed by atoms with Crippen LogP contribution in [-0.4, -0.2) is 35.1 Å². The number of hydrogen-bond donors (Lipinski definition) is 6. The average Bonchev–Trinajstić information content (AvgIpc) is 2.31. The van der Waals surface area contributed by atoms with E-state index in [9.17, 15) is 9.59 Å². The Balaban J connectivity index is 3.76. The molecule has 0 heterocycles. The SMILES string of the molecule is CC(CNC(=O)OSC(=N)N)NC(=O)OSC(=N)N. The molecule has 10 nitrogen and oxygen atoms in total. The van der Waals surface area contributed by atoms with Crippen LogP contribution in [0.5, 0.6) is 0 Å². The van der Waals surface area contributed by atoms with Gasteiger partial charge in [-0.05, 0) is 6.92 Å². The van der Waals surface area contributed by atoms with Gasteiger partial charge in [0.05, 0.1) is 0 Å². The fraction of sp³-hybridized carbons (Fsp3) is 0.429. The summed E-state index contributed by atoms with van der Waals surface area (Å²) in [4.78, 5) is 22.2. The Bertz CT molecular complexity index is 365. The van der Waals surface area contributed by atoms with E-state index in [1.165, 1.54) is 0 Å². The number of carbonyl (C=O) groups is 2. The number of amides is 2. The first-order valence-corrected chi connectivity index (χ1v) is 6.25. The monoisotopic (exact) mass is 310 g/mol. The van der Waals surface area contributed by atoms with Crippen molar-refractivity contribution >= 4 is 46.6 Å². The van der Waals surface area contributed by atoms with Crippen molar-refractivity contribution in [3.05, 3.63) is 0 Å². The standard InChI is InChI=1S/C7H14N6O4S2/c1-3(13-7(15)17-19-5(10)11)2-12-6(14)16-18-4(8)9/h3H,2H2,1H3,(H3,8,9)(H3,10,11)(H,12,14)(H,13,15). The Labute approximate surface area is 117 Å². The maximum absolute atomic E-state index is 11.1. The molecule has 0 aliphatic carbocycles. The summed E-state index contributed by atoms with van der Waals surface area (Å²) in [6.07, 6.45) is -1.58. The maximum atomic E-state index is 11.1. The van der Waals surface area contributed by atoms with Crippen LogP contribution in [0.3, 0.4) is 0 Å². The maximum Gasteiger partial charge on any atom is 0.420 e. The molecule has 0 aliphatic heterocycles. The molecule has 0 saturated heterocycles. The number of nitrogens with two attached hydrogens (primary N) is 2. The van der Waals surface area contributed by atoms with E-state index in [1.54, 1.807) is 6.92 Å². The number of nitrogens with one attached hydrogen (secondary N) is 4. The van der Waals surface area contributed by atoms with Crippen LogP contribution in [0.1, 0.15) is 6.92 Å². The lowest BCUT2D eigenvalue weighted by molar-refractivity contribution is 0.199. The van der Waals surface area contributed by atoms with Gasteiger partial charge >= 0.3 is 12.2 Å². The second-order valence-corrected chi connectivity index (χ2v) is 4.61. The zero-order valence-corrected chi connectivity index (χ0v) is 11.5. The third-order valence-electron chi connectivity index (χ3n) is 1.33. The van der Waals surface area contributed by atoms with E-state index in [0.29, 0.717) is 24.1 Å². The van der Waals surface area contributed by atoms with Crippen LogP contribution in [0.4, 0.5) is 9.59 Å². The summed E-state index contributed by atoms with van der Waals surface area (Å²) < 4.78 is 8.95. The molecule has 0 aliphatic rings. The highest BCUT2D eigenvalue weighted by molar-refractivity contribution is 8.10. The van der Waals surface area contributed by atoms with Gasteiger partial charge in [0.25, 0.3) is 0 Å². The molecule has 19 heavy (non-hydrogen) atoms. The van der Waals surface area contributed by atoms with Crippen LogP contribution in [0.2, 0.25) is 0 Å². The fourth-order valence-corrected chi connectivity index (χ4v) is 1.15. The minimum Gasteiger partial charge on any atom is -0.376 e. The first-order chi connectivity index (χ1) is 8.81. The van der Waals surface area contributed by atoms with E-state index in [2.05, 4.69) is 19.0 Å². The van der Waals surface area contributed by atoms with Crippen molar-refractivity contribution in [1.29, 1.82) is 10.8 Å². The van der Waals surface area contributed by atoms with Gasteiger partial charge in [-0.25, -0.2) is 9.59 Å². The first kappa shape index (κ1) is 17.2. The van der Waals surface area contributed by atoms with Gasteiger partial charge in [0.1, 0.15) is 24.1 Å². The molecular formula is C7H14N6O4S2. The molecule has 12 heteroatoms. The summed E-state index contributed by atoms with van der Waals surface area (Å²) >= 11 is 0.826. The Hall–Kier alpha value is -1.82. The van der Waals surface area contributed by atoms with Crippen molar-refractivity contribution in [3.63, 3.8) is 0 Å². The van der Waals surface area contributed by atoms with Crippen LogP contribution in [-0.2, 0) is 8.37 Å². The summed E-state index contributed by atoms with van der Waals surface area (Å²) in [5.41, 5.74) is 9.92. The molecule has 0 aromatic heterocycles. The van der Waals surface area contributed by atoms with Gasteiger partial charge in [-0.2, -0.15) is 0 Å². The number of amidine groups is 2. The number of rotatable bonds is 3. The van der Waals surface area contributed by atoms with Gasteiger partial charge in [-0.15, -0.1) is 0 Å². The van der Waals surface area contributed by atoms with Crippen molar-refractivity contribution in [2.45, 2.75) is 13.0 Å². The van der Waals surface area contributed by atoms with Gasteiger partial charge in [0, 0.05) is 12.6 Å². The molecule has 0 radical (unpaired) electrons. The van der Waals surface area contributed by atoms with E-state index < -0.39 is 18.2 Å². The van der Waals surface area contributed by atoms with Gasteiger partial charge in [0.15, 0.2) is 10.3 Å². The lowest BCUT2D eigenvalue weighted by Crippen LogP contribution is -2.41. The highest BCUT2D eigenvalue weighted by Gasteiger charge is 2.11. The fourth-order valence-electron chi connectivity index (χ4n) is 0.708. The molecule has 2 amide bonds. The Morgan fingerprint density at radius 2 is 1.63 bits per heavy atom. The van der Waals surface area contributed by atoms with E-state index in [0.717, 1.165) is 0 Å². The molecule has 0 fully saturated rings. The highest BCUT2D eigenvalue weighted by atomic mass is 32.2. The van der Waals surface area contributed by atoms with Crippen LogP contribution in [0.25, 0.3) is 0 Å². The second kappa shape index (κ2) is 9.16. The summed E-state index contributed by atoms with van der Waals surface area (Å²) in [6.45, 7) is 1.69. The molecule has 0 spiro atoms. The zero-order chi connectivity index (χ0) is 14.8. The summed E-state index contributed by atoms with van der Waals surface area (Å²) in [5.74, 6) is 0. The third kappa shape index (κ3) is 11.0. The normalized spacial score (nSPS) is 11.0. The Morgan fingerprint density at radius 3 is 2.11 bits per heavy atom. The molecule has 0 aromatic carbocycles. The third-order valence-corrected chi connectivity index (χ3v) is 2.16. The minimum absolute atomic E-state index is 0.0805. The molecule has 108 valence electrons. The molecule has 1 unspecified atom stereocenters. The van der Waals surface area contributed by atoms with Crippen LogP contribution in [0.15, 0.2) is 0 Å². The number of hydrogen-bond acceptors (Lipinski definition) is 8. The summed E-state index contributed by atoms with van der Waals surface area (Å²) in [7, 11) is 0. The van der Waals surface area contributed by atoms with E-state index in [4.69, 9.17) is 22.3 Å².